The number of halogens is 2. The molecule has 0 aromatic heterocycles. The standard InChI is InChI=1S/C20H26BrFN4O3S/c1-11(2)20(21)16(27)25-19(30-5)26-17(20)29-10-13-6-7-15(22)8-14(13)9-23-18(28)24-12(3)4/h6-8,11-12H,9-10H2,1-5H3,(H2,23,24,28). The topological polar surface area (TPSA) is 92.1 Å². The normalized spacial score (nSPS) is 18.9. The van der Waals surface area contributed by atoms with Crippen molar-refractivity contribution in [2.24, 2.45) is 15.9 Å². The lowest BCUT2D eigenvalue weighted by Gasteiger charge is -2.31. The van der Waals surface area contributed by atoms with Crippen molar-refractivity contribution in [2.75, 3.05) is 6.26 Å². The number of aliphatic imine (C=N–C) groups is 2. The molecule has 7 nitrogen and oxygen atoms in total. The van der Waals surface area contributed by atoms with E-state index in [1.165, 1.54) is 23.9 Å². The van der Waals surface area contributed by atoms with Gasteiger partial charge in [0.2, 0.25) is 5.90 Å². The second kappa shape index (κ2) is 10.4. The Hall–Kier alpha value is -1.94. The molecule has 0 radical (unpaired) electrons. The Morgan fingerprint density at radius 3 is 2.57 bits per heavy atom. The zero-order valence-corrected chi connectivity index (χ0v) is 20.0. The molecule has 164 valence electrons. The van der Waals surface area contributed by atoms with Crippen LogP contribution in [0.2, 0.25) is 0 Å². The van der Waals surface area contributed by atoms with Gasteiger partial charge in [-0.3, -0.25) is 4.79 Å². The number of rotatable bonds is 6. The molecule has 2 rings (SSSR count). The summed E-state index contributed by atoms with van der Waals surface area (Å²) in [7, 11) is 0. The number of urea groups is 1. The average molecular weight is 501 g/mol. The van der Waals surface area contributed by atoms with Gasteiger partial charge in [-0.2, -0.15) is 9.98 Å². The minimum absolute atomic E-state index is 0.0162. The number of benzene rings is 1. The third kappa shape index (κ3) is 5.81. The summed E-state index contributed by atoms with van der Waals surface area (Å²) in [6.45, 7) is 7.61. The molecular weight excluding hydrogens is 475 g/mol. The molecule has 0 fully saturated rings. The molecule has 0 spiro atoms. The summed E-state index contributed by atoms with van der Waals surface area (Å²) in [5.74, 6) is -0.746. The van der Waals surface area contributed by atoms with Crippen molar-refractivity contribution < 1.29 is 18.7 Å². The van der Waals surface area contributed by atoms with Gasteiger partial charge in [-0.15, -0.1) is 0 Å². The van der Waals surface area contributed by atoms with Gasteiger partial charge in [0.15, 0.2) is 9.49 Å². The van der Waals surface area contributed by atoms with Crippen molar-refractivity contribution in [1.82, 2.24) is 10.6 Å². The van der Waals surface area contributed by atoms with Gasteiger partial charge in [-0.1, -0.05) is 47.6 Å². The predicted octanol–water partition coefficient (Wildman–Crippen LogP) is 4.00. The molecule has 1 heterocycles. The minimum Gasteiger partial charge on any atom is -0.474 e. The number of amidine groups is 1. The molecule has 10 heteroatoms. The molecular formula is C20H26BrFN4O3S. The number of hydrogen-bond donors (Lipinski definition) is 2. The van der Waals surface area contributed by atoms with Gasteiger partial charge < -0.3 is 15.4 Å². The van der Waals surface area contributed by atoms with Crippen molar-refractivity contribution in [1.29, 1.82) is 0 Å². The van der Waals surface area contributed by atoms with Crippen LogP contribution in [0.25, 0.3) is 0 Å². The SMILES string of the molecule is CSC1=NC(=O)C(Br)(C(C)C)C(OCc2ccc(F)cc2CNC(=O)NC(C)C)=N1. The summed E-state index contributed by atoms with van der Waals surface area (Å²) < 4.78 is 18.6. The molecule has 0 aliphatic carbocycles. The van der Waals surface area contributed by atoms with Crippen LogP contribution in [0.3, 0.4) is 0 Å². The fourth-order valence-electron chi connectivity index (χ4n) is 2.71. The van der Waals surface area contributed by atoms with Crippen LogP contribution in [0.1, 0.15) is 38.8 Å². The van der Waals surface area contributed by atoms with E-state index in [1.54, 1.807) is 12.3 Å². The van der Waals surface area contributed by atoms with Crippen LogP contribution in [0, 0.1) is 11.7 Å². The molecule has 1 aromatic carbocycles. The van der Waals surface area contributed by atoms with Crippen LogP contribution in [-0.2, 0) is 22.7 Å². The van der Waals surface area contributed by atoms with Crippen molar-refractivity contribution in [3.63, 3.8) is 0 Å². The molecule has 1 unspecified atom stereocenters. The van der Waals surface area contributed by atoms with Crippen molar-refractivity contribution in [3.05, 3.63) is 35.1 Å². The fraction of sp³-hybridized carbons (Fsp3) is 0.500. The molecule has 3 amide bonds. The number of nitrogens with zero attached hydrogens (tertiary/aromatic N) is 2. The lowest BCUT2D eigenvalue weighted by atomic mass is 9.94. The van der Waals surface area contributed by atoms with Gasteiger partial charge in [0, 0.05) is 12.6 Å². The molecule has 0 bridgehead atoms. The van der Waals surface area contributed by atoms with Crippen molar-refractivity contribution in [3.8, 4) is 0 Å². The molecule has 1 aromatic rings. The number of hydrogen-bond acceptors (Lipinski definition) is 5. The fourth-order valence-corrected chi connectivity index (χ4v) is 3.35. The average Bonchev–Trinajstić information content (AvgIpc) is 2.67. The molecule has 1 aliphatic heterocycles. The Bertz CT molecular complexity index is 876. The van der Waals surface area contributed by atoms with Gasteiger partial charge in [0.05, 0.1) is 0 Å². The number of thioether (sulfide) groups is 1. The third-order valence-corrected chi connectivity index (χ3v) is 6.53. The smallest absolute Gasteiger partial charge is 0.315 e. The Kier molecular flexibility index (Phi) is 8.42. The second-order valence-corrected chi connectivity index (χ2v) is 9.39. The maximum atomic E-state index is 13.8. The van der Waals surface area contributed by atoms with E-state index in [2.05, 4.69) is 36.5 Å². The van der Waals surface area contributed by atoms with E-state index in [0.29, 0.717) is 16.3 Å². The number of carbonyl (C=O) groups excluding carboxylic acids is 2. The maximum Gasteiger partial charge on any atom is 0.315 e. The van der Waals surface area contributed by atoms with Crippen LogP contribution in [-0.4, -0.2) is 39.6 Å². The van der Waals surface area contributed by atoms with Gasteiger partial charge >= 0.3 is 6.03 Å². The Morgan fingerprint density at radius 2 is 1.97 bits per heavy atom. The number of carbonyl (C=O) groups is 2. The van der Waals surface area contributed by atoms with Gasteiger partial charge in [-0.05, 0) is 49.3 Å². The van der Waals surface area contributed by atoms with Crippen molar-refractivity contribution in [2.45, 2.75) is 51.2 Å². The first-order valence-corrected chi connectivity index (χ1v) is 11.5. The number of alkyl halides is 1. The van der Waals surface area contributed by atoms with Crippen LogP contribution in [0.4, 0.5) is 9.18 Å². The molecule has 2 N–H and O–H groups in total. The number of nitrogens with one attached hydrogen (secondary N) is 2. The van der Waals surface area contributed by atoms with Crippen LogP contribution in [0.5, 0.6) is 0 Å². The zero-order chi connectivity index (χ0) is 22.5. The van der Waals surface area contributed by atoms with Gasteiger partial charge in [0.1, 0.15) is 12.4 Å². The van der Waals surface area contributed by atoms with Crippen molar-refractivity contribution >= 4 is 50.7 Å². The summed E-state index contributed by atoms with van der Waals surface area (Å²) in [5.41, 5.74) is 1.24. The molecule has 30 heavy (non-hydrogen) atoms. The molecule has 1 atom stereocenters. The van der Waals surface area contributed by atoms with E-state index in [0.717, 1.165) is 0 Å². The summed E-state index contributed by atoms with van der Waals surface area (Å²) in [5, 5.41) is 5.74. The highest BCUT2D eigenvalue weighted by Gasteiger charge is 2.48. The van der Waals surface area contributed by atoms with E-state index in [1.807, 2.05) is 27.7 Å². The van der Waals surface area contributed by atoms with E-state index in [9.17, 15) is 14.0 Å². The third-order valence-electron chi connectivity index (χ3n) is 4.39. The van der Waals surface area contributed by atoms with E-state index >= 15 is 0 Å². The first-order chi connectivity index (χ1) is 14.1. The summed E-state index contributed by atoms with van der Waals surface area (Å²) in [6.07, 6.45) is 1.77. The Morgan fingerprint density at radius 1 is 1.27 bits per heavy atom. The Balaban J connectivity index is 2.21. The monoisotopic (exact) mass is 500 g/mol. The minimum atomic E-state index is -1.16. The second-order valence-electron chi connectivity index (χ2n) is 7.37. The van der Waals surface area contributed by atoms with E-state index in [4.69, 9.17) is 4.74 Å². The van der Waals surface area contributed by atoms with Crippen LogP contribution >= 0.6 is 27.7 Å². The summed E-state index contributed by atoms with van der Waals surface area (Å²) in [6, 6.07) is 3.90. The van der Waals surface area contributed by atoms with Gasteiger partial charge in [0.25, 0.3) is 5.91 Å². The van der Waals surface area contributed by atoms with Crippen LogP contribution < -0.4 is 10.6 Å². The molecule has 0 saturated carbocycles. The highest BCUT2D eigenvalue weighted by Crippen LogP contribution is 2.35. The lowest BCUT2D eigenvalue weighted by molar-refractivity contribution is -0.119. The maximum absolute atomic E-state index is 13.8. The largest absolute Gasteiger partial charge is 0.474 e. The predicted molar refractivity (Wildman–Crippen MR) is 122 cm³/mol. The number of ether oxygens (including phenoxy) is 1. The van der Waals surface area contributed by atoms with E-state index < -0.39 is 10.1 Å². The summed E-state index contributed by atoms with van der Waals surface area (Å²) >= 11 is 4.72. The highest BCUT2D eigenvalue weighted by atomic mass is 79.9. The molecule has 1 aliphatic rings. The van der Waals surface area contributed by atoms with Gasteiger partial charge in [-0.25, -0.2) is 9.18 Å². The first-order valence-electron chi connectivity index (χ1n) is 9.47. The lowest BCUT2D eigenvalue weighted by Crippen LogP contribution is -2.48. The quantitative estimate of drug-likeness (QED) is 0.577. The zero-order valence-electron chi connectivity index (χ0n) is 17.6. The summed E-state index contributed by atoms with van der Waals surface area (Å²) in [4.78, 5) is 32.9. The molecule has 0 saturated heterocycles. The highest BCUT2D eigenvalue weighted by molar-refractivity contribution is 9.10. The number of amides is 3. The van der Waals surface area contributed by atoms with E-state index in [-0.39, 0.29) is 42.9 Å². The van der Waals surface area contributed by atoms with Crippen LogP contribution in [0.15, 0.2) is 28.2 Å². The first kappa shape index (κ1) is 24.3. The Labute approximate surface area is 188 Å².